The van der Waals surface area contributed by atoms with Crippen LogP contribution in [0.25, 0.3) is 0 Å². The van der Waals surface area contributed by atoms with Gasteiger partial charge < -0.3 is 4.74 Å². The van der Waals surface area contributed by atoms with Crippen LogP contribution in [-0.2, 0) is 9.84 Å². The Kier molecular flexibility index (Phi) is 3.82. The van der Waals surface area contributed by atoms with E-state index in [0.29, 0.717) is 0 Å². The van der Waals surface area contributed by atoms with Crippen LogP contribution in [0, 0.1) is 5.92 Å². The van der Waals surface area contributed by atoms with Crippen molar-refractivity contribution in [1.82, 2.24) is 0 Å². The highest BCUT2D eigenvalue weighted by Crippen LogP contribution is 2.05. The monoisotopic (exact) mass is 131 g/mol. The molecule has 0 N–H and O–H groups in total. The highest BCUT2D eigenvalue weighted by molar-refractivity contribution is 4.48. The SMILES string of the molecule is CC(C)OC([O])C(C)C. The minimum atomic E-state index is -0.856. The predicted octanol–water partition coefficient (Wildman–Crippen LogP) is 1.82. The summed E-state index contributed by atoms with van der Waals surface area (Å²) in [5.41, 5.74) is 0. The maximum atomic E-state index is 10.8. The molecule has 2 nitrogen and oxygen atoms in total. The molecule has 0 rings (SSSR count). The van der Waals surface area contributed by atoms with Crippen LogP contribution in [-0.4, -0.2) is 12.4 Å². The number of rotatable bonds is 3. The van der Waals surface area contributed by atoms with Gasteiger partial charge in [-0.15, -0.1) is 0 Å². The van der Waals surface area contributed by atoms with E-state index in [1.807, 2.05) is 27.7 Å². The van der Waals surface area contributed by atoms with E-state index in [0.717, 1.165) is 0 Å². The highest BCUT2D eigenvalue weighted by Gasteiger charge is 2.11. The average molecular weight is 131 g/mol. The summed E-state index contributed by atoms with van der Waals surface area (Å²) >= 11 is 0. The minimum absolute atomic E-state index is 0.0508. The quantitative estimate of drug-likeness (QED) is 0.537. The second-order valence-corrected chi connectivity index (χ2v) is 2.80. The summed E-state index contributed by atoms with van der Waals surface area (Å²) in [6.45, 7) is 7.46. The van der Waals surface area contributed by atoms with Gasteiger partial charge in [0.05, 0.1) is 6.10 Å². The summed E-state index contributed by atoms with van der Waals surface area (Å²) in [6.07, 6.45) is -0.806. The van der Waals surface area contributed by atoms with Crippen LogP contribution in [0.4, 0.5) is 0 Å². The topological polar surface area (TPSA) is 29.1 Å². The second-order valence-electron chi connectivity index (χ2n) is 2.80. The van der Waals surface area contributed by atoms with Crippen LogP contribution >= 0.6 is 0 Å². The van der Waals surface area contributed by atoms with E-state index in [1.54, 1.807) is 0 Å². The molecule has 0 aromatic rings. The van der Waals surface area contributed by atoms with Gasteiger partial charge in [0, 0.05) is 5.92 Å². The Morgan fingerprint density at radius 3 is 1.67 bits per heavy atom. The van der Waals surface area contributed by atoms with Crippen molar-refractivity contribution in [3.05, 3.63) is 0 Å². The van der Waals surface area contributed by atoms with E-state index in [1.165, 1.54) is 0 Å². The fraction of sp³-hybridized carbons (Fsp3) is 1.00. The molecule has 1 atom stereocenters. The molecule has 1 unspecified atom stereocenters. The van der Waals surface area contributed by atoms with Crippen LogP contribution in [0.2, 0.25) is 0 Å². The molecule has 0 aliphatic rings. The van der Waals surface area contributed by atoms with Crippen LogP contribution < -0.4 is 0 Å². The third-order valence-corrected chi connectivity index (χ3v) is 0.951. The third-order valence-electron chi connectivity index (χ3n) is 0.951. The maximum Gasteiger partial charge on any atom is 0.193 e. The van der Waals surface area contributed by atoms with Crippen molar-refractivity contribution < 1.29 is 9.84 Å². The molecule has 0 spiro atoms. The van der Waals surface area contributed by atoms with Crippen molar-refractivity contribution in [2.45, 2.75) is 40.1 Å². The zero-order chi connectivity index (χ0) is 7.44. The molecule has 1 radical (unpaired) electrons. The van der Waals surface area contributed by atoms with Crippen molar-refractivity contribution in [3.8, 4) is 0 Å². The Hall–Kier alpha value is -0.0800. The highest BCUT2D eigenvalue weighted by atomic mass is 16.6. The lowest BCUT2D eigenvalue weighted by Gasteiger charge is -2.15. The number of hydrogen-bond acceptors (Lipinski definition) is 1. The largest absolute Gasteiger partial charge is 0.347 e. The lowest BCUT2D eigenvalue weighted by atomic mass is 10.2. The van der Waals surface area contributed by atoms with Gasteiger partial charge in [-0.3, -0.25) is 0 Å². The lowest BCUT2D eigenvalue weighted by Crippen LogP contribution is -2.21. The van der Waals surface area contributed by atoms with E-state index < -0.39 is 6.29 Å². The standard InChI is InChI=1S/C7H15O2/c1-5(2)7(8)9-6(3)4/h5-7H,1-4H3. The number of ether oxygens (including phenoxy) is 1. The zero-order valence-corrected chi connectivity index (χ0v) is 6.55. The number of hydrogen-bond donors (Lipinski definition) is 0. The molecule has 9 heavy (non-hydrogen) atoms. The van der Waals surface area contributed by atoms with Crippen LogP contribution in [0.15, 0.2) is 0 Å². The van der Waals surface area contributed by atoms with Gasteiger partial charge >= 0.3 is 0 Å². The van der Waals surface area contributed by atoms with E-state index in [4.69, 9.17) is 4.74 Å². The maximum absolute atomic E-state index is 10.8. The fourth-order valence-electron chi connectivity index (χ4n) is 0.425. The summed E-state index contributed by atoms with van der Waals surface area (Å²) in [6, 6.07) is 0. The molecule has 0 saturated heterocycles. The van der Waals surface area contributed by atoms with Crippen molar-refractivity contribution in [1.29, 1.82) is 0 Å². The van der Waals surface area contributed by atoms with Crippen molar-refractivity contribution in [3.63, 3.8) is 0 Å². The second kappa shape index (κ2) is 3.85. The van der Waals surface area contributed by atoms with Crippen LogP contribution in [0.1, 0.15) is 27.7 Å². The summed E-state index contributed by atoms with van der Waals surface area (Å²) in [4.78, 5) is 0. The summed E-state index contributed by atoms with van der Waals surface area (Å²) < 4.78 is 4.96. The Morgan fingerprint density at radius 2 is 1.56 bits per heavy atom. The van der Waals surface area contributed by atoms with Crippen molar-refractivity contribution >= 4 is 0 Å². The molecule has 0 bridgehead atoms. The van der Waals surface area contributed by atoms with E-state index in [9.17, 15) is 5.11 Å². The van der Waals surface area contributed by atoms with Gasteiger partial charge in [0.15, 0.2) is 6.29 Å². The Morgan fingerprint density at radius 1 is 1.11 bits per heavy atom. The van der Waals surface area contributed by atoms with E-state index in [-0.39, 0.29) is 12.0 Å². The molecule has 0 aliphatic carbocycles. The van der Waals surface area contributed by atoms with Gasteiger partial charge in [0.1, 0.15) is 0 Å². The van der Waals surface area contributed by atoms with Crippen molar-refractivity contribution in [2.75, 3.05) is 0 Å². The molecular weight excluding hydrogens is 116 g/mol. The van der Waals surface area contributed by atoms with Gasteiger partial charge in [0.25, 0.3) is 0 Å². The third kappa shape index (κ3) is 4.43. The smallest absolute Gasteiger partial charge is 0.193 e. The van der Waals surface area contributed by atoms with Gasteiger partial charge in [0.2, 0.25) is 0 Å². The minimum Gasteiger partial charge on any atom is -0.347 e. The van der Waals surface area contributed by atoms with Crippen LogP contribution in [0.3, 0.4) is 0 Å². The molecule has 0 heterocycles. The fourth-order valence-corrected chi connectivity index (χ4v) is 0.425. The summed E-state index contributed by atoms with van der Waals surface area (Å²) in [7, 11) is 0. The molecule has 0 aliphatic heterocycles. The molecule has 0 aromatic carbocycles. The van der Waals surface area contributed by atoms with Gasteiger partial charge in [-0.1, -0.05) is 13.8 Å². The normalized spacial score (nSPS) is 15.0. The molecule has 55 valence electrons. The molecule has 0 aromatic heterocycles. The van der Waals surface area contributed by atoms with Gasteiger partial charge in [-0.2, -0.15) is 0 Å². The first-order chi connectivity index (χ1) is 4.04. The van der Waals surface area contributed by atoms with Gasteiger partial charge in [-0.25, -0.2) is 5.11 Å². The molecule has 0 amide bonds. The van der Waals surface area contributed by atoms with E-state index >= 15 is 0 Å². The first-order valence-electron chi connectivity index (χ1n) is 3.35. The van der Waals surface area contributed by atoms with Crippen LogP contribution in [0.5, 0.6) is 0 Å². The summed E-state index contributed by atoms with van der Waals surface area (Å²) in [5, 5.41) is 10.8. The Bertz CT molecular complexity index is 69.3. The molecule has 0 saturated carbocycles. The molecule has 2 heteroatoms. The first-order valence-corrected chi connectivity index (χ1v) is 3.35. The molecular formula is C7H15O2. The first kappa shape index (κ1) is 8.92. The molecule has 0 fully saturated rings. The lowest BCUT2D eigenvalue weighted by molar-refractivity contribution is -0.184. The average Bonchev–Trinajstić information content (AvgIpc) is 1.63. The predicted molar refractivity (Wildman–Crippen MR) is 35.5 cm³/mol. The zero-order valence-electron chi connectivity index (χ0n) is 6.55. The Labute approximate surface area is 56.8 Å². The van der Waals surface area contributed by atoms with E-state index in [2.05, 4.69) is 0 Å². The summed E-state index contributed by atoms with van der Waals surface area (Å²) in [5.74, 6) is 0.0763. The van der Waals surface area contributed by atoms with Gasteiger partial charge in [-0.05, 0) is 13.8 Å². The Balaban J connectivity index is 3.38. The van der Waals surface area contributed by atoms with Crippen molar-refractivity contribution in [2.24, 2.45) is 5.92 Å².